The molecule has 108 valence electrons. The smallest absolute Gasteiger partial charge is 0.126 e. The van der Waals surface area contributed by atoms with Crippen LogP contribution in [-0.2, 0) is 0 Å². The van der Waals surface area contributed by atoms with Gasteiger partial charge in [-0.25, -0.2) is 4.39 Å². The SMILES string of the molecule is CNC1(C#N)CCCC1CCOc1ccc(F)c(C)c1. The number of nitrogens with zero attached hydrogens (tertiary/aromatic N) is 1. The van der Waals surface area contributed by atoms with Crippen molar-refractivity contribution < 1.29 is 9.13 Å². The van der Waals surface area contributed by atoms with Crippen LogP contribution in [0.2, 0.25) is 0 Å². The van der Waals surface area contributed by atoms with Crippen LogP contribution in [0.25, 0.3) is 0 Å². The number of ether oxygens (including phenoxy) is 1. The second-order valence-electron chi connectivity index (χ2n) is 5.47. The predicted octanol–water partition coefficient (Wildman–Crippen LogP) is 3.18. The van der Waals surface area contributed by atoms with Gasteiger partial charge in [0, 0.05) is 0 Å². The van der Waals surface area contributed by atoms with Gasteiger partial charge in [-0.2, -0.15) is 5.26 Å². The maximum Gasteiger partial charge on any atom is 0.126 e. The van der Waals surface area contributed by atoms with Crippen LogP contribution in [0.5, 0.6) is 5.75 Å². The summed E-state index contributed by atoms with van der Waals surface area (Å²) in [6, 6.07) is 7.20. The molecule has 0 spiro atoms. The largest absolute Gasteiger partial charge is 0.494 e. The Labute approximate surface area is 119 Å². The molecule has 1 aromatic rings. The van der Waals surface area contributed by atoms with E-state index in [1.54, 1.807) is 19.1 Å². The van der Waals surface area contributed by atoms with Crippen LogP contribution in [0.1, 0.15) is 31.2 Å². The summed E-state index contributed by atoms with van der Waals surface area (Å²) in [6.07, 6.45) is 3.88. The van der Waals surface area contributed by atoms with Crippen molar-refractivity contribution in [3.05, 3.63) is 29.6 Å². The molecule has 1 aromatic carbocycles. The highest BCUT2D eigenvalue weighted by atomic mass is 19.1. The summed E-state index contributed by atoms with van der Waals surface area (Å²) in [5.41, 5.74) is 0.187. The molecule has 20 heavy (non-hydrogen) atoms. The van der Waals surface area contributed by atoms with Crippen LogP contribution >= 0.6 is 0 Å². The van der Waals surface area contributed by atoms with Crippen molar-refractivity contribution in [2.75, 3.05) is 13.7 Å². The molecular formula is C16H21FN2O. The van der Waals surface area contributed by atoms with E-state index >= 15 is 0 Å². The second-order valence-corrected chi connectivity index (χ2v) is 5.47. The van der Waals surface area contributed by atoms with Gasteiger partial charge in [0.15, 0.2) is 0 Å². The summed E-state index contributed by atoms with van der Waals surface area (Å²) in [5.74, 6) is 0.791. The zero-order valence-corrected chi connectivity index (χ0v) is 12.1. The van der Waals surface area contributed by atoms with Crippen molar-refractivity contribution in [2.45, 2.75) is 38.1 Å². The number of hydrogen-bond donors (Lipinski definition) is 1. The summed E-state index contributed by atoms with van der Waals surface area (Å²) < 4.78 is 18.8. The Morgan fingerprint density at radius 2 is 2.35 bits per heavy atom. The molecule has 0 radical (unpaired) electrons. The van der Waals surface area contributed by atoms with Crippen molar-refractivity contribution in [3.63, 3.8) is 0 Å². The summed E-state index contributed by atoms with van der Waals surface area (Å²) in [4.78, 5) is 0. The number of nitriles is 1. The quantitative estimate of drug-likeness (QED) is 0.898. The summed E-state index contributed by atoms with van der Waals surface area (Å²) >= 11 is 0. The summed E-state index contributed by atoms with van der Waals surface area (Å²) in [6.45, 7) is 2.28. The molecule has 1 saturated carbocycles. The lowest BCUT2D eigenvalue weighted by Gasteiger charge is -2.28. The molecule has 4 heteroatoms. The van der Waals surface area contributed by atoms with Crippen LogP contribution in [0.15, 0.2) is 18.2 Å². The van der Waals surface area contributed by atoms with E-state index in [1.807, 2.05) is 7.05 Å². The minimum atomic E-state index is -0.401. The van der Waals surface area contributed by atoms with Crippen LogP contribution < -0.4 is 10.1 Å². The molecule has 2 atom stereocenters. The third kappa shape index (κ3) is 2.94. The fraction of sp³-hybridized carbons (Fsp3) is 0.562. The molecule has 0 amide bonds. The normalized spacial score (nSPS) is 25.4. The van der Waals surface area contributed by atoms with Crippen LogP contribution in [0.3, 0.4) is 0 Å². The van der Waals surface area contributed by atoms with Crippen molar-refractivity contribution >= 4 is 0 Å². The molecule has 0 bridgehead atoms. The minimum Gasteiger partial charge on any atom is -0.494 e. The fourth-order valence-corrected chi connectivity index (χ4v) is 3.03. The number of hydrogen-bond acceptors (Lipinski definition) is 3. The molecule has 1 aliphatic rings. The Kier molecular flexibility index (Phi) is 4.61. The lowest BCUT2D eigenvalue weighted by Crippen LogP contribution is -2.45. The molecule has 1 aliphatic carbocycles. The van der Waals surface area contributed by atoms with Gasteiger partial charge in [0.05, 0.1) is 12.7 Å². The van der Waals surface area contributed by atoms with Crippen molar-refractivity contribution in [3.8, 4) is 11.8 Å². The number of rotatable bonds is 5. The second kappa shape index (κ2) is 6.23. The Balaban J connectivity index is 1.89. The van der Waals surface area contributed by atoms with Gasteiger partial charge < -0.3 is 10.1 Å². The van der Waals surface area contributed by atoms with E-state index in [4.69, 9.17) is 4.74 Å². The Hall–Kier alpha value is -1.60. The number of halogens is 1. The maximum absolute atomic E-state index is 13.2. The van der Waals surface area contributed by atoms with E-state index in [-0.39, 0.29) is 5.82 Å². The van der Waals surface area contributed by atoms with E-state index in [0.29, 0.717) is 23.8 Å². The van der Waals surface area contributed by atoms with E-state index < -0.39 is 5.54 Å². The van der Waals surface area contributed by atoms with Crippen molar-refractivity contribution in [2.24, 2.45) is 5.92 Å². The van der Waals surface area contributed by atoms with Crippen LogP contribution in [0.4, 0.5) is 4.39 Å². The van der Waals surface area contributed by atoms with Gasteiger partial charge in [-0.05, 0) is 62.9 Å². The lowest BCUT2D eigenvalue weighted by atomic mass is 9.86. The zero-order valence-electron chi connectivity index (χ0n) is 12.1. The number of benzene rings is 1. The highest BCUT2D eigenvalue weighted by Gasteiger charge is 2.41. The van der Waals surface area contributed by atoms with Gasteiger partial charge in [-0.3, -0.25) is 0 Å². The van der Waals surface area contributed by atoms with E-state index in [1.165, 1.54) is 6.07 Å². The Bertz CT molecular complexity index is 512. The molecule has 0 heterocycles. The standard InChI is InChI=1S/C16H21FN2O/c1-12-10-14(5-6-15(12)17)20-9-7-13-4-3-8-16(13,11-18)19-2/h5-6,10,13,19H,3-4,7-9H2,1-2H3. The molecule has 2 rings (SSSR count). The maximum atomic E-state index is 13.2. The average Bonchev–Trinajstić information content (AvgIpc) is 2.86. The van der Waals surface area contributed by atoms with Gasteiger partial charge in [-0.1, -0.05) is 6.42 Å². The van der Waals surface area contributed by atoms with Gasteiger partial charge in [0.25, 0.3) is 0 Å². The molecule has 3 nitrogen and oxygen atoms in total. The predicted molar refractivity (Wildman–Crippen MR) is 76.0 cm³/mol. The average molecular weight is 276 g/mol. The summed E-state index contributed by atoms with van der Waals surface area (Å²) in [7, 11) is 1.85. The van der Waals surface area contributed by atoms with Crippen LogP contribution in [-0.4, -0.2) is 19.2 Å². The Morgan fingerprint density at radius 3 is 3.00 bits per heavy atom. The first-order valence-electron chi connectivity index (χ1n) is 7.10. The van der Waals surface area contributed by atoms with Gasteiger partial charge in [0.1, 0.15) is 17.1 Å². The highest BCUT2D eigenvalue weighted by molar-refractivity contribution is 5.28. The molecular weight excluding hydrogens is 255 g/mol. The molecule has 0 aromatic heterocycles. The van der Waals surface area contributed by atoms with Crippen LogP contribution in [0, 0.1) is 30.0 Å². The first kappa shape index (κ1) is 14.8. The topological polar surface area (TPSA) is 45.0 Å². The molecule has 0 saturated heterocycles. The molecule has 1 fully saturated rings. The van der Waals surface area contributed by atoms with E-state index in [9.17, 15) is 9.65 Å². The third-order valence-electron chi connectivity index (χ3n) is 4.33. The number of nitrogens with one attached hydrogen (secondary N) is 1. The van der Waals surface area contributed by atoms with Gasteiger partial charge in [-0.15, -0.1) is 0 Å². The molecule has 1 N–H and O–H groups in total. The summed E-state index contributed by atoms with van der Waals surface area (Å²) in [5, 5.41) is 12.6. The number of aryl methyl sites for hydroxylation is 1. The lowest BCUT2D eigenvalue weighted by molar-refractivity contribution is 0.239. The first-order valence-corrected chi connectivity index (χ1v) is 7.10. The van der Waals surface area contributed by atoms with Crippen molar-refractivity contribution in [1.82, 2.24) is 5.32 Å². The third-order valence-corrected chi connectivity index (χ3v) is 4.33. The first-order chi connectivity index (χ1) is 9.61. The Morgan fingerprint density at radius 1 is 1.55 bits per heavy atom. The fourth-order valence-electron chi connectivity index (χ4n) is 3.03. The monoisotopic (exact) mass is 276 g/mol. The van der Waals surface area contributed by atoms with E-state index in [0.717, 1.165) is 25.7 Å². The molecule has 0 aliphatic heterocycles. The zero-order chi connectivity index (χ0) is 14.6. The van der Waals surface area contributed by atoms with Crippen molar-refractivity contribution in [1.29, 1.82) is 5.26 Å². The minimum absolute atomic E-state index is 0.216. The van der Waals surface area contributed by atoms with Gasteiger partial charge in [0.2, 0.25) is 0 Å². The van der Waals surface area contributed by atoms with Gasteiger partial charge >= 0.3 is 0 Å². The highest BCUT2D eigenvalue weighted by Crippen LogP contribution is 2.37. The van der Waals surface area contributed by atoms with E-state index in [2.05, 4.69) is 11.4 Å². The molecule has 2 unspecified atom stereocenters.